The quantitative estimate of drug-likeness (QED) is 0.132. The van der Waals surface area contributed by atoms with Crippen LogP contribution in [-0.2, 0) is 41.9 Å². The number of sulfone groups is 1. The van der Waals surface area contributed by atoms with E-state index in [2.05, 4.69) is 48.6 Å². The molecule has 5 amide bonds. The van der Waals surface area contributed by atoms with Gasteiger partial charge in [-0.3, -0.25) is 19.2 Å². The van der Waals surface area contributed by atoms with Gasteiger partial charge in [0.2, 0.25) is 17.6 Å². The second kappa shape index (κ2) is 18.9. The van der Waals surface area contributed by atoms with Crippen molar-refractivity contribution >= 4 is 39.4 Å². The van der Waals surface area contributed by atoms with E-state index in [9.17, 15) is 32.4 Å². The van der Waals surface area contributed by atoms with Gasteiger partial charge >= 0.3 is 6.03 Å². The molecule has 2 aliphatic carbocycles. The fourth-order valence-electron chi connectivity index (χ4n) is 8.44. The first-order chi connectivity index (χ1) is 25.9. The topological polar surface area (TPSA) is 171 Å². The van der Waals surface area contributed by atoms with Crippen LogP contribution in [0.1, 0.15) is 110 Å². The highest BCUT2D eigenvalue weighted by Crippen LogP contribution is 2.39. The number of rotatable bonds is 17. The lowest BCUT2D eigenvalue weighted by Crippen LogP contribution is -2.62. The van der Waals surface area contributed by atoms with Crippen LogP contribution in [0.25, 0.3) is 0 Å². The molecule has 3 aliphatic rings. The molecule has 4 N–H and O–H groups in total. The number of Topliss-reactive ketones (excluding diaryl/α,β-unsaturated/α-hetero) is 1. The Morgan fingerprint density at radius 1 is 0.982 bits per heavy atom. The normalized spacial score (nSPS) is 21.0. The summed E-state index contributed by atoms with van der Waals surface area (Å²) < 4.78 is 26.7. The third-order valence-corrected chi connectivity index (χ3v) is 13.6. The molecule has 2 fully saturated rings. The Balaban J connectivity index is 1.63. The van der Waals surface area contributed by atoms with Gasteiger partial charge in [-0.2, -0.15) is 0 Å². The van der Waals surface area contributed by atoms with Gasteiger partial charge in [-0.25, -0.2) is 13.2 Å². The van der Waals surface area contributed by atoms with Gasteiger partial charge in [0.05, 0.1) is 23.1 Å². The maximum absolute atomic E-state index is 15.0. The van der Waals surface area contributed by atoms with E-state index in [1.54, 1.807) is 4.90 Å². The van der Waals surface area contributed by atoms with Gasteiger partial charge in [0, 0.05) is 13.1 Å². The number of nitrogens with zero attached hydrogens (tertiary/aromatic N) is 1. The van der Waals surface area contributed by atoms with Crippen molar-refractivity contribution in [3.63, 3.8) is 0 Å². The van der Waals surface area contributed by atoms with Crippen molar-refractivity contribution in [1.82, 2.24) is 26.2 Å². The Labute approximate surface area is 328 Å². The van der Waals surface area contributed by atoms with E-state index < -0.39 is 63.0 Å². The predicted octanol–water partition coefficient (Wildman–Crippen LogP) is 4.65. The summed E-state index contributed by atoms with van der Waals surface area (Å²) in [6.07, 6.45) is 7.80. The van der Waals surface area contributed by atoms with Crippen LogP contribution in [-0.4, -0.2) is 91.1 Å². The second-order valence-corrected chi connectivity index (χ2v) is 19.8. The summed E-state index contributed by atoms with van der Waals surface area (Å²) in [7, 11) is -3.47. The van der Waals surface area contributed by atoms with Gasteiger partial charge in [0.15, 0.2) is 9.84 Å². The molecule has 0 radical (unpaired) electrons. The number of amides is 5. The Bertz CT molecular complexity index is 1640. The van der Waals surface area contributed by atoms with E-state index >= 15 is 0 Å². The van der Waals surface area contributed by atoms with E-state index in [1.807, 2.05) is 45.0 Å². The molecule has 0 bridgehead atoms. The zero-order valence-electron chi connectivity index (χ0n) is 33.9. The van der Waals surface area contributed by atoms with Crippen LogP contribution in [0.2, 0.25) is 0 Å². The molecule has 1 saturated heterocycles. The number of ketones is 1. The average molecular weight is 784 g/mol. The molecule has 1 aromatic rings. The van der Waals surface area contributed by atoms with Gasteiger partial charge in [-0.15, -0.1) is 6.58 Å². The third kappa shape index (κ3) is 11.9. The molecule has 306 valence electrons. The summed E-state index contributed by atoms with van der Waals surface area (Å²) in [4.78, 5) is 70.6. The maximum Gasteiger partial charge on any atom is 0.315 e. The monoisotopic (exact) mass is 783 g/mol. The van der Waals surface area contributed by atoms with E-state index in [4.69, 9.17) is 0 Å². The lowest BCUT2D eigenvalue weighted by molar-refractivity contribution is -0.143. The number of fused-ring (bicyclic) bond motifs is 1. The molecule has 3 unspecified atom stereocenters. The minimum Gasteiger partial charge on any atom is -0.346 e. The van der Waals surface area contributed by atoms with Crippen LogP contribution in [0.4, 0.5) is 4.79 Å². The lowest BCUT2D eigenvalue weighted by atomic mass is 9.79. The van der Waals surface area contributed by atoms with E-state index in [-0.39, 0.29) is 54.2 Å². The number of nitrogens with one attached hydrogen (secondary N) is 4. The van der Waals surface area contributed by atoms with Crippen molar-refractivity contribution in [3.05, 3.63) is 48.0 Å². The summed E-state index contributed by atoms with van der Waals surface area (Å²) in [6, 6.07) is 4.32. The number of carbonyl (C=O) groups excluding carboxylic acids is 5. The highest BCUT2D eigenvalue weighted by Gasteiger charge is 2.48. The van der Waals surface area contributed by atoms with Crippen molar-refractivity contribution in [3.8, 4) is 0 Å². The van der Waals surface area contributed by atoms with Crippen LogP contribution >= 0.6 is 0 Å². The Hall–Kier alpha value is -3.74. The average Bonchev–Trinajstić information content (AvgIpc) is 3.77. The number of benzene rings is 1. The van der Waals surface area contributed by atoms with Crippen LogP contribution in [0.15, 0.2) is 36.9 Å². The molecule has 4 atom stereocenters. The smallest absolute Gasteiger partial charge is 0.315 e. The van der Waals surface area contributed by atoms with Crippen molar-refractivity contribution < 1.29 is 32.4 Å². The first kappa shape index (κ1) is 44.0. The van der Waals surface area contributed by atoms with Gasteiger partial charge in [-0.05, 0) is 79.2 Å². The molecule has 1 saturated carbocycles. The Morgan fingerprint density at radius 3 is 2.18 bits per heavy atom. The summed E-state index contributed by atoms with van der Waals surface area (Å²) >= 11 is 0. The minimum atomic E-state index is -3.47. The van der Waals surface area contributed by atoms with Crippen molar-refractivity contribution in [1.29, 1.82) is 0 Å². The summed E-state index contributed by atoms with van der Waals surface area (Å²) in [5.74, 6) is -2.75. The Kier molecular flexibility index (Phi) is 15.1. The molecule has 1 aromatic carbocycles. The molecular weight excluding hydrogens is 719 g/mol. The van der Waals surface area contributed by atoms with Crippen molar-refractivity contribution in [2.75, 3.05) is 24.6 Å². The first-order valence-electron chi connectivity index (χ1n) is 20.3. The molecule has 0 spiro atoms. The molecule has 0 aromatic heterocycles. The largest absolute Gasteiger partial charge is 0.346 e. The van der Waals surface area contributed by atoms with Gasteiger partial charge in [0.1, 0.15) is 12.1 Å². The summed E-state index contributed by atoms with van der Waals surface area (Å²) in [5.41, 5.74) is 0.962. The SMILES string of the molecule is C=CCNC(=O)C(=O)C(CCC)NC(=O)C1CC(C(C)(C)C)CN1C(=O)[C@@H](NC(=O)NC1(CS(=O)(=O)CCC(C)C)CCCCC1)C1Cc2ccccc2C1. The standard InChI is InChI=1S/C42H65N5O7S/c1-8-15-33(36(48)38(50)43-21-9-2)44-37(49)34-25-32(41(5,6)7)26-47(34)39(51)35(31-23-29-16-11-12-17-30(29)24-31)45-40(52)46-42(19-13-10-14-20-42)27-55(53,54)22-18-28(3)4/h9,11-12,16-17,28,31-35H,2,8,10,13-15,18-27H2,1,3-7H3,(H,43,50)(H,44,49)(H2,45,46,52)/t32?,33?,34?,35-/m0/s1. The van der Waals surface area contributed by atoms with E-state index in [0.717, 1.165) is 30.4 Å². The summed E-state index contributed by atoms with van der Waals surface area (Å²) in [5, 5.41) is 11.4. The van der Waals surface area contributed by atoms with Gasteiger partial charge in [0.25, 0.3) is 5.91 Å². The number of hydrogen-bond acceptors (Lipinski definition) is 7. The molecule has 12 nitrogen and oxygen atoms in total. The van der Waals surface area contributed by atoms with Gasteiger partial charge < -0.3 is 26.2 Å². The molecule has 55 heavy (non-hydrogen) atoms. The number of likely N-dealkylation sites (tertiary alicyclic amines) is 1. The first-order valence-corrected chi connectivity index (χ1v) is 22.1. The molecule has 1 heterocycles. The number of carbonyl (C=O) groups is 5. The van der Waals surface area contributed by atoms with Crippen LogP contribution in [0, 0.1) is 23.2 Å². The molecule has 4 rings (SSSR count). The maximum atomic E-state index is 15.0. The van der Waals surface area contributed by atoms with Gasteiger partial charge in [-0.1, -0.05) is 97.6 Å². The van der Waals surface area contributed by atoms with E-state index in [0.29, 0.717) is 44.9 Å². The lowest BCUT2D eigenvalue weighted by Gasteiger charge is -2.39. The fraction of sp³-hybridized carbons (Fsp3) is 0.690. The minimum absolute atomic E-state index is 0.0503. The van der Waals surface area contributed by atoms with Crippen LogP contribution < -0.4 is 21.3 Å². The van der Waals surface area contributed by atoms with Crippen LogP contribution in [0.5, 0.6) is 0 Å². The highest BCUT2D eigenvalue weighted by atomic mass is 32.2. The zero-order chi connectivity index (χ0) is 40.6. The predicted molar refractivity (Wildman–Crippen MR) is 215 cm³/mol. The second-order valence-electron chi connectivity index (χ2n) is 17.6. The fourth-order valence-corrected chi connectivity index (χ4v) is 10.6. The molecule has 13 heteroatoms. The summed E-state index contributed by atoms with van der Waals surface area (Å²) in [6.45, 7) is 16.0. The Morgan fingerprint density at radius 2 is 1.62 bits per heavy atom. The van der Waals surface area contributed by atoms with Crippen molar-refractivity contribution in [2.24, 2.45) is 23.2 Å². The third-order valence-electron chi connectivity index (χ3n) is 11.8. The molecule has 1 aliphatic heterocycles. The highest BCUT2D eigenvalue weighted by molar-refractivity contribution is 7.91. The van der Waals surface area contributed by atoms with E-state index in [1.165, 1.54) is 6.08 Å². The number of hydrogen-bond donors (Lipinski definition) is 4. The van der Waals surface area contributed by atoms with Crippen LogP contribution in [0.3, 0.4) is 0 Å². The zero-order valence-corrected chi connectivity index (χ0v) is 34.7. The molecular formula is C42H65N5O7S. The number of urea groups is 1. The van der Waals surface area contributed by atoms with Crippen molar-refractivity contribution in [2.45, 2.75) is 136 Å².